The SMILES string of the molecule is CNCC(O)COc1cccc(-c2nc(CC3CCN(C4COC4)C3)c(C)c(-c3c(C)noc3C)n2)c1. The number of ether oxygens (including phenoxy) is 2. The van der Waals surface area contributed by atoms with Crippen molar-refractivity contribution in [2.24, 2.45) is 5.92 Å². The van der Waals surface area contributed by atoms with E-state index < -0.39 is 6.10 Å². The first-order chi connectivity index (χ1) is 17.9. The predicted octanol–water partition coefficient (Wildman–Crippen LogP) is 2.95. The van der Waals surface area contributed by atoms with Crippen molar-refractivity contribution in [3.63, 3.8) is 0 Å². The molecule has 2 saturated heterocycles. The summed E-state index contributed by atoms with van der Waals surface area (Å²) < 4.78 is 16.8. The van der Waals surface area contributed by atoms with Crippen LogP contribution in [-0.2, 0) is 11.2 Å². The molecule has 198 valence electrons. The molecule has 0 saturated carbocycles. The maximum atomic E-state index is 10.0. The van der Waals surface area contributed by atoms with Crippen LogP contribution in [0.3, 0.4) is 0 Å². The van der Waals surface area contributed by atoms with Crippen LogP contribution in [0, 0.1) is 26.7 Å². The molecule has 0 radical (unpaired) electrons. The molecular formula is C28H37N5O4. The Morgan fingerprint density at radius 3 is 2.76 bits per heavy atom. The van der Waals surface area contributed by atoms with E-state index in [1.165, 1.54) is 0 Å². The number of nitrogens with zero attached hydrogens (tertiary/aromatic N) is 4. The molecule has 0 spiro atoms. The first-order valence-corrected chi connectivity index (χ1v) is 13.1. The number of aryl methyl sites for hydroxylation is 2. The molecule has 3 aromatic rings. The minimum Gasteiger partial charge on any atom is -0.491 e. The standard InChI is InChI=1S/C28H37N5O4/c1-17-25(10-20-8-9-33(13-20)22-14-35-15-22)30-28(31-27(17)26-18(2)32-37-19(26)3)21-6-5-7-24(11-21)36-16-23(34)12-29-4/h5-7,11,20,22-23,29,34H,8-10,12-16H2,1-4H3. The number of aromatic nitrogens is 3. The topological polar surface area (TPSA) is 106 Å². The molecule has 37 heavy (non-hydrogen) atoms. The average Bonchev–Trinajstić information content (AvgIpc) is 3.44. The summed E-state index contributed by atoms with van der Waals surface area (Å²) >= 11 is 0. The smallest absolute Gasteiger partial charge is 0.160 e. The highest BCUT2D eigenvalue weighted by Gasteiger charge is 2.33. The van der Waals surface area contributed by atoms with E-state index in [4.69, 9.17) is 24.0 Å². The summed E-state index contributed by atoms with van der Waals surface area (Å²) in [5.41, 5.74) is 5.64. The lowest BCUT2D eigenvalue weighted by atomic mass is 9.96. The van der Waals surface area contributed by atoms with Gasteiger partial charge >= 0.3 is 0 Å². The number of likely N-dealkylation sites (N-methyl/N-ethyl adjacent to an activating group) is 1. The molecule has 2 unspecified atom stereocenters. The van der Waals surface area contributed by atoms with Gasteiger partial charge in [0.1, 0.15) is 24.2 Å². The fourth-order valence-corrected chi connectivity index (χ4v) is 5.24. The van der Waals surface area contributed by atoms with Crippen LogP contribution in [0.5, 0.6) is 5.75 Å². The van der Waals surface area contributed by atoms with Gasteiger partial charge in [0.2, 0.25) is 0 Å². The van der Waals surface area contributed by atoms with Gasteiger partial charge in [-0.05, 0) is 70.8 Å². The monoisotopic (exact) mass is 507 g/mol. The molecule has 5 rings (SSSR count). The normalized spacial score (nSPS) is 19.2. The first-order valence-electron chi connectivity index (χ1n) is 13.1. The van der Waals surface area contributed by atoms with Gasteiger partial charge in [0, 0.05) is 24.3 Å². The van der Waals surface area contributed by atoms with Gasteiger partial charge in [-0.2, -0.15) is 0 Å². The molecule has 2 aromatic heterocycles. The third-order valence-electron chi connectivity index (χ3n) is 7.43. The van der Waals surface area contributed by atoms with Gasteiger partial charge in [-0.1, -0.05) is 17.3 Å². The molecule has 2 fully saturated rings. The second kappa shape index (κ2) is 11.3. The van der Waals surface area contributed by atoms with Gasteiger partial charge in [-0.3, -0.25) is 4.90 Å². The number of rotatable bonds is 10. The average molecular weight is 508 g/mol. The Labute approximate surface area is 218 Å². The zero-order valence-corrected chi connectivity index (χ0v) is 22.2. The van der Waals surface area contributed by atoms with E-state index in [1.54, 1.807) is 7.05 Å². The lowest BCUT2D eigenvalue weighted by molar-refractivity contribution is -0.0580. The molecule has 0 bridgehead atoms. The maximum absolute atomic E-state index is 10.0. The van der Waals surface area contributed by atoms with E-state index in [-0.39, 0.29) is 6.61 Å². The Hall–Kier alpha value is -2.85. The molecular weight excluding hydrogens is 470 g/mol. The third kappa shape index (κ3) is 5.70. The quantitative estimate of drug-likeness (QED) is 0.428. The molecule has 9 nitrogen and oxygen atoms in total. The van der Waals surface area contributed by atoms with Crippen LogP contribution in [0.1, 0.15) is 29.1 Å². The summed E-state index contributed by atoms with van der Waals surface area (Å²) in [6.45, 7) is 10.6. The van der Waals surface area contributed by atoms with Crippen LogP contribution in [0.2, 0.25) is 0 Å². The number of benzene rings is 1. The van der Waals surface area contributed by atoms with E-state index in [0.717, 1.165) is 78.7 Å². The van der Waals surface area contributed by atoms with E-state index in [2.05, 4.69) is 22.3 Å². The highest BCUT2D eigenvalue weighted by molar-refractivity contribution is 5.71. The fraction of sp³-hybridized carbons (Fsp3) is 0.536. The molecule has 9 heteroatoms. The summed E-state index contributed by atoms with van der Waals surface area (Å²) in [6.07, 6.45) is 1.47. The fourth-order valence-electron chi connectivity index (χ4n) is 5.24. The van der Waals surface area contributed by atoms with Gasteiger partial charge in [-0.15, -0.1) is 0 Å². The Balaban J connectivity index is 1.46. The van der Waals surface area contributed by atoms with Crippen molar-refractivity contribution in [3.8, 4) is 28.4 Å². The Morgan fingerprint density at radius 2 is 2.05 bits per heavy atom. The van der Waals surface area contributed by atoms with Crippen LogP contribution in [0.25, 0.3) is 22.6 Å². The van der Waals surface area contributed by atoms with Gasteiger partial charge in [0.15, 0.2) is 5.82 Å². The Bertz CT molecular complexity index is 1210. The molecule has 2 aliphatic rings. The third-order valence-corrected chi connectivity index (χ3v) is 7.43. The summed E-state index contributed by atoms with van der Waals surface area (Å²) in [5.74, 6) is 2.62. The van der Waals surface area contributed by atoms with Gasteiger partial charge in [0.05, 0.1) is 36.2 Å². The van der Waals surface area contributed by atoms with Crippen molar-refractivity contribution < 1.29 is 19.1 Å². The van der Waals surface area contributed by atoms with E-state index in [1.807, 2.05) is 38.1 Å². The van der Waals surface area contributed by atoms with Gasteiger partial charge < -0.3 is 24.4 Å². The summed E-state index contributed by atoms with van der Waals surface area (Å²) in [5, 5.41) is 17.2. The number of nitrogens with one attached hydrogen (secondary N) is 1. The van der Waals surface area contributed by atoms with Crippen LogP contribution in [0.4, 0.5) is 0 Å². The van der Waals surface area contributed by atoms with E-state index in [9.17, 15) is 5.11 Å². The van der Waals surface area contributed by atoms with Crippen LogP contribution in [0.15, 0.2) is 28.8 Å². The number of hydrogen-bond acceptors (Lipinski definition) is 9. The molecule has 2 atom stereocenters. The number of likely N-dealkylation sites (tertiary alicyclic amines) is 1. The lowest BCUT2D eigenvalue weighted by Crippen LogP contribution is -2.47. The van der Waals surface area contributed by atoms with E-state index >= 15 is 0 Å². The zero-order valence-electron chi connectivity index (χ0n) is 22.2. The zero-order chi connectivity index (χ0) is 25.9. The molecule has 0 amide bonds. The Kier molecular flexibility index (Phi) is 7.85. The van der Waals surface area contributed by atoms with Gasteiger partial charge in [-0.25, -0.2) is 9.97 Å². The van der Waals surface area contributed by atoms with Crippen molar-refractivity contribution in [1.29, 1.82) is 0 Å². The van der Waals surface area contributed by atoms with Crippen molar-refractivity contribution in [1.82, 2.24) is 25.3 Å². The van der Waals surface area contributed by atoms with Gasteiger partial charge in [0.25, 0.3) is 0 Å². The van der Waals surface area contributed by atoms with Crippen LogP contribution >= 0.6 is 0 Å². The number of aliphatic hydroxyl groups excluding tert-OH is 1. The Morgan fingerprint density at radius 1 is 1.22 bits per heavy atom. The highest BCUT2D eigenvalue weighted by Crippen LogP contribution is 2.34. The minimum atomic E-state index is -0.584. The van der Waals surface area contributed by atoms with Crippen molar-refractivity contribution in [3.05, 3.63) is 47.0 Å². The first kappa shape index (κ1) is 25.8. The second-order valence-corrected chi connectivity index (χ2v) is 10.3. The number of aliphatic hydroxyl groups is 1. The molecule has 2 aliphatic heterocycles. The largest absolute Gasteiger partial charge is 0.491 e. The summed E-state index contributed by atoms with van der Waals surface area (Å²) in [7, 11) is 1.80. The minimum absolute atomic E-state index is 0.207. The number of hydrogen-bond donors (Lipinski definition) is 2. The lowest BCUT2D eigenvalue weighted by Gasteiger charge is -2.34. The van der Waals surface area contributed by atoms with Crippen molar-refractivity contribution in [2.75, 3.05) is 46.5 Å². The molecule has 4 heterocycles. The van der Waals surface area contributed by atoms with Crippen LogP contribution < -0.4 is 10.1 Å². The van der Waals surface area contributed by atoms with Crippen molar-refractivity contribution in [2.45, 2.75) is 45.8 Å². The predicted molar refractivity (Wildman–Crippen MR) is 141 cm³/mol. The van der Waals surface area contributed by atoms with E-state index in [0.29, 0.717) is 30.1 Å². The molecule has 2 N–H and O–H groups in total. The summed E-state index contributed by atoms with van der Waals surface area (Å²) in [4.78, 5) is 12.7. The van der Waals surface area contributed by atoms with Crippen molar-refractivity contribution >= 4 is 0 Å². The summed E-state index contributed by atoms with van der Waals surface area (Å²) in [6, 6.07) is 8.32. The highest BCUT2D eigenvalue weighted by atomic mass is 16.5. The second-order valence-electron chi connectivity index (χ2n) is 10.3. The van der Waals surface area contributed by atoms with Crippen LogP contribution in [-0.4, -0.2) is 83.8 Å². The molecule has 1 aromatic carbocycles. The maximum Gasteiger partial charge on any atom is 0.160 e. The molecule has 0 aliphatic carbocycles.